The molecule has 3 nitrogen and oxygen atoms in total. The highest BCUT2D eigenvalue weighted by atomic mass is 32.2. The summed E-state index contributed by atoms with van der Waals surface area (Å²) in [5.41, 5.74) is 1.21. The largest absolute Gasteiger partial charge is 0.491 e. The summed E-state index contributed by atoms with van der Waals surface area (Å²) in [6, 6.07) is 7.89. The van der Waals surface area contributed by atoms with Crippen LogP contribution in [0.5, 0.6) is 5.75 Å². The number of thioether (sulfide) groups is 1. The molecule has 1 aliphatic rings. The first kappa shape index (κ1) is 14.7. The SMILES string of the molecule is Cc1ccc(OCC(O)CNCC2CCSC2)cc1. The van der Waals surface area contributed by atoms with Gasteiger partial charge in [0, 0.05) is 6.54 Å². The van der Waals surface area contributed by atoms with Crippen molar-refractivity contribution in [1.82, 2.24) is 5.32 Å². The molecule has 0 spiro atoms. The third kappa shape index (κ3) is 5.43. The van der Waals surface area contributed by atoms with E-state index in [9.17, 15) is 5.11 Å². The molecule has 1 aromatic carbocycles. The van der Waals surface area contributed by atoms with Crippen molar-refractivity contribution < 1.29 is 9.84 Å². The maximum absolute atomic E-state index is 9.85. The van der Waals surface area contributed by atoms with Crippen LogP contribution >= 0.6 is 11.8 Å². The minimum absolute atomic E-state index is 0.343. The first-order valence-electron chi connectivity index (χ1n) is 6.90. The van der Waals surface area contributed by atoms with Gasteiger partial charge in [0.1, 0.15) is 18.5 Å². The van der Waals surface area contributed by atoms with E-state index in [0.717, 1.165) is 18.2 Å². The molecule has 0 bridgehead atoms. The second-order valence-corrected chi connectivity index (χ2v) is 6.32. The topological polar surface area (TPSA) is 41.5 Å². The quantitative estimate of drug-likeness (QED) is 0.803. The Hall–Kier alpha value is -0.710. The van der Waals surface area contributed by atoms with Gasteiger partial charge in [0.25, 0.3) is 0 Å². The Morgan fingerprint density at radius 1 is 1.42 bits per heavy atom. The van der Waals surface area contributed by atoms with Crippen molar-refractivity contribution in [3.63, 3.8) is 0 Å². The Balaban J connectivity index is 1.58. The van der Waals surface area contributed by atoms with Crippen molar-refractivity contribution in [2.24, 2.45) is 5.92 Å². The predicted molar refractivity (Wildman–Crippen MR) is 81.0 cm³/mol. The number of rotatable bonds is 7. The summed E-state index contributed by atoms with van der Waals surface area (Å²) in [5, 5.41) is 13.2. The molecule has 2 rings (SSSR count). The Kier molecular flexibility index (Phi) is 6.01. The number of benzene rings is 1. The van der Waals surface area contributed by atoms with Gasteiger partial charge >= 0.3 is 0 Å². The van der Waals surface area contributed by atoms with Gasteiger partial charge in [-0.1, -0.05) is 17.7 Å². The van der Waals surface area contributed by atoms with E-state index >= 15 is 0 Å². The molecule has 0 amide bonds. The molecule has 1 heterocycles. The number of hydrogen-bond donors (Lipinski definition) is 2. The van der Waals surface area contributed by atoms with Crippen LogP contribution in [0.3, 0.4) is 0 Å². The van der Waals surface area contributed by atoms with E-state index in [-0.39, 0.29) is 0 Å². The lowest BCUT2D eigenvalue weighted by Crippen LogP contribution is -2.34. The van der Waals surface area contributed by atoms with E-state index in [1.54, 1.807) is 0 Å². The highest BCUT2D eigenvalue weighted by Crippen LogP contribution is 2.22. The van der Waals surface area contributed by atoms with Crippen molar-refractivity contribution >= 4 is 11.8 Å². The Morgan fingerprint density at radius 2 is 2.21 bits per heavy atom. The monoisotopic (exact) mass is 281 g/mol. The van der Waals surface area contributed by atoms with E-state index in [0.29, 0.717) is 13.2 Å². The molecule has 1 aromatic rings. The second kappa shape index (κ2) is 7.78. The lowest BCUT2D eigenvalue weighted by atomic mass is 10.1. The summed E-state index contributed by atoms with van der Waals surface area (Å²) in [5.74, 6) is 4.13. The summed E-state index contributed by atoms with van der Waals surface area (Å²) < 4.78 is 5.55. The molecule has 2 N–H and O–H groups in total. The van der Waals surface area contributed by atoms with Crippen LogP contribution in [-0.4, -0.2) is 42.4 Å². The minimum atomic E-state index is -0.449. The van der Waals surface area contributed by atoms with Crippen LogP contribution in [0, 0.1) is 12.8 Å². The highest BCUT2D eigenvalue weighted by Gasteiger charge is 2.15. The fourth-order valence-electron chi connectivity index (χ4n) is 2.08. The van der Waals surface area contributed by atoms with Gasteiger partial charge in [-0.05, 0) is 49.4 Å². The van der Waals surface area contributed by atoms with Gasteiger partial charge in [0.2, 0.25) is 0 Å². The van der Waals surface area contributed by atoms with Crippen LogP contribution in [-0.2, 0) is 0 Å². The molecule has 0 saturated carbocycles. The van der Waals surface area contributed by atoms with Crippen LogP contribution in [0.25, 0.3) is 0 Å². The first-order chi connectivity index (χ1) is 9.24. The summed E-state index contributed by atoms with van der Waals surface area (Å²) in [7, 11) is 0. The van der Waals surface area contributed by atoms with E-state index < -0.39 is 6.10 Å². The molecule has 1 fully saturated rings. The average molecular weight is 281 g/mol. The second-order valence-electron chi connectivity index (χ2n) is 5.17. The third-order valence-corrected chi connectivity index (χ3v) is 4.53. The molecule has 19 heavy (non-hydrogen) atoms. The summed E-state index contributed by atoms with van der Waals surface area (Å²) in [6.45, 7) is 4.00. The van der Waals surface area contributed by atoms with Gasteiger partial charge < -0.3 is 15.2 Å². The van der Waals surface area contributed by atoms with Gasteiger partial charge in [-0.25, -0.2) is 0 Å². The fraction of sp³-hybridized carbons (Fsp3) is 0.600. The van der Waals surface area contributed by atoms with Crippen LogP contribution in [0.15, 0.2) is 24.3 Å². The number of hydrogen-bond acceptors (Lipinski definition) is 4. The number of nitrogens with one attached hydrogen (secondary N) is 1. The number of aliphatic hydroxyl groups is 1. The Bertz CT molecular complexity index is 363. The third-order valence-electron chi connectivity index (χ3n) is 3.30. The molecule has 0 aromatic heterocycles. The van der Waals surface area contributed by atoms with Gasteiger partial charge in [0.05, 0.1) is 0 Å². The molecule has 0 radical (unpaired) electrons. The van der Waals surface area contributed by atoms with E-state index in [2.05, 4.69) is 5.32 Å². The zero-order chi connectivity index (χ0) is 13.5. The van der Waals surface area contributed by atoms with Gasteiger partial charge in [-0.15, -0.1) is 0 Å². The van der Waals surface area contributed by atoms with Crippen molar-refractivity contribution in [3.05, 3.63) is 29.8 Å². The molecule has 4 heteroatoms. The standard InChI is InChI=1S/C15H23NO2S/c1-12-2-4-15(5-3-12)18-10-14(17)9-16-8-13-6-7-19-11-13/h2-5,13-14,16-17H,6-11H2,1H3. The molecular weight excluding hydrogens is 258 g/mol. The van der Waals surface area contributed by atoms with Crippen molar-refractivity contribution in [2.45, 2.75) is 19.4 Å². The van der Waals surface area contributed by atoms with Crippen molar-refractivity contribution in [1.29, 1.82) is 0 Å². The lowest BCUT2D eigenvalue weighted by molar-refractivity contribution is 0.106. The van der Waals surface area contributed by atoms with Crippen molar-refractivity contribution in [3.8, 4) is 5.75 Å². The predicted octanol–water partition coefficient (Wildman–Crippen LogP) is 2.08. The minimum Gasteiger partial charge on any atom is -0.491 e. The van der Waals surface area contributed by atoms with Gasteiger partial charge in [0.15, 0.2) is 0 Å². The number of aliphatic hydroxyl groups excluding tert-OH is 1. The average Bonchev–Trinajstić information content (AvgIpc) is 2.91. The summed E-state index contributed by atoms with van der Waals surface area (Å²) >= 11 is 2.02. The van der Waals surface area contributed by atoms with Crippen molar-refractivity contribution in [2.75, 3.05) is 31.2 Å². The molecule has 1 aliphatic heterocycles. The van der Waals surface area contributed by atoms with E-state index in [1.165, 1.54) is 23.5 Å². The Morgan fingerprint density at radius 3 is 2.89 bits per heavy atom. The zero-order valence-electron chi connectivity index (χ0n) is 11.5. The summed E-state index contributed by atoms with van der Waals surface area (Å²) in [6.07, 6.45) is 0.850. The highest BCUT2D eigenvalue weighted by molar-refractivity contribution is 7.99. The first-order valence-corrected chi connectivity index (χ1v) is 8.05. The van der Waals surface area contributed by atoms with Crippen LogP contribution < -0.4 is 10.1 Å². The van der Waals surface area contributed by atoms with E-state index in [4.69, 9.17) is 4.74 Å². The fourth-order valence-corrected chi connectivity index (χ4v) is 3.37. The zero-order valence-corrected chi connectivity index (χ0v) is 12.3. The smallest absolute Gasteiger partial charge is 0.119 e. The number of aryl methyl sites for hydroxylation is 1. The van der Waals surface area contributed by atoms with Gasteiger partial charge in [-0.3, -0.25) is 0 Å². The van der Waals surface area contributed by atoms with Crippen LogP contribution in [0.2, 0.25) is 0 Å². The maximum atomic E-state index is 9.85. The lowest BCUT2D eigenvalue weighted by Gasteiger charge is -2.15. The normalized spacial score (nSPS) is 20.4. The summed E-state index contributed by atoms with van der Waals surface area (Å²) in [4.78, 5) is 0. The molecule has 1 saturated heterocycles. The molecule has 2 atom stereocenters. The molecule has 2 unspecified atom stereocenters. The van der Waals surface area contributed by atoms with E-state index in [1.807, 2.05) is 43.0 Å². The van der Waals surface area contributed by atoms with Crippen LogP contribution in [0.1, 0.15) is 12.0 Å². The number of ether oxygens (including phenoxy) is 1. The molecular formula is C15H23NO2S. The Labute approximate surface area is 119 Å². The molecule has 0 aliphatic carbocycles. The maximum Gasteiger partial charge on any atom is 0.119 e. The van der Waals surface area contributed by atoms with Gasteiger partial charge in [-0.2, -0.15) is 11.8 Å². The van der Waals surface area contributed by atoms with Crippen LogP contribution in [0.4, 0.5) is 0 Å². The molecule has 106 valence electrons.